The third kappa shape index (κ3) is 2.01. The molecule has 1 saturated carbocycles. The second kappa shape index (κ2) is 3.53. The van der Waals surface area contributed by atoms with E-state index < -0.39 is 0 Å². The maximum Gasteiger partial charge on any atom is 0.270 e. The van der Waals surface area contributed by atoms with E-state index in [9.17, 15) is 4.79 Å². The Kier molecular flexibility index (Phi) is 2.37. The van der Waals surface area contributed by atoms with Gasteiger partial charge in [-0.05, 0) is 25.8 Å². The van der Waals surface area contributed by atoms with E-state index in [1.54, 1.807) is 7.05 Å². The summed E-state index contributed by atoms with van der Waals surface area (Å²) in [5.41, 5.74) is 1.70. The molecule has 0 atom stereocenters. The van der Waals surface area contributed by atoms with E-state index >= 15 is 0 Å². The number of rotatable bonds is 3. The predicted molar refractivity (Wildman–Crippen MR) is 54.1 cm³/mol. The molecule has 1 N–H and O–H groups in total. The highest BCUT2D eigenvalue weighted by Gasteiger charge is 2.20. The maximum atomic E-state index is 11.6. The van der Waals surface area contributed by atoms with Gasteiger partial charge in [-0.25, -0.2) is 4.68 Å². The highest BCUT2D eigenvalue weighted by atomic mass is 16.1. The van der Waals surface area contributed by atoms with Crippen LogP contribution >= 0.6 is 0 Å². The molecule has 1 heterocycles. The average molecular weight is 193 g/mol. The summed E-state index contributed by atoms with van der Waals surface area (Å²) in [6.45, 7) is 2.57. The minimum Gasteiger partial charge on any atom is -0.310 e. The molecule has 1 fully saturated rings. The molecule has 0 aromatic carbocycles. The molecular formula is C10H15N3O. The first-order chi connectivity index (χ1) is 6.66. The molecule has 0 unspecified atom stereocenters. The van der Waals surface area contributed by atoms with Gasteiger partial charge in [0.25, 0.3) is 5.56 Å². The number of hydrogen-bond acceptors (Lipinski definition) is 3. The van der Waals surface area contributed by atoms with E-state index in [4.69, 9.17) is 0 Å². The number of aromatic nitrogens is 2. The van der Waals surface area contributed by atoms with Crippen molar-refractivity contribution in [3.63, 3.8) is 0 Å². The molecule has 14 heavy (non-hydrogen) atoms. The summed E-state index contributed by atoms with van der Waals surface area (Å²) in [6.07, 6.45) is 2.48. The number of nitrogens with one attached hydrogen (secondary N) is 1. The molecule has 0 amide bonds. The van der Waals surface area contributed by atoms with E-state index in [0.29, 0.717) is 12.6 Å². The van der Waals surface area contributed by atoms with Gasteiger partial charge in [-0.1, -0.05) is 0 Å². The summed E-state index contributed by atoms with van der Waals surface area (Å²) in [5, 5.41) is 7.38. The topological polar surface area (TPSA) is 46.9 Å². The maximum absolute atomic E-state index is 11.6. The lowest BCUT2D eigenvalue weighted by Gasteiger charge is -2.05. The molecule has 0 spiro atoms. The number of aryl methyl sites for hydroxylation is 2. The Labute approximate surface area is 82.9 Å². The van der Waals surface area contributed by atoms with Crippen LogP contribution in [0, 0.1) is 6.92 Å². The van der Waals surface area contributed by atoms with E-state index in [1.807, 2.05) is 13.0 Å². The Bertz CT molecular complexity index is 393. The first-order valence-corrected chi connectivity index (χ1v) is 4.94. The monoisotopic (exact) mass is 193 g/mol. The van der Waals surface area contributed by atoms with Crippen LogP contribution in [0.2, 0.25) is 0 Å². The number of nitrogens with zero attached hydrogens (tertiary/aromatic N) is 2. The molecule has 1 aliphatic rings. The fraction of sp³-hybridized carbons (Fsp3) is 0.600. The Morgan fingerprint density at radius 2 is 2.36 bits per heavy atom. The van der Waals surface area contributed by atoms with Crippen molar-refractivity contribution in [1.82, 2.24) is 15.1 Å². The van der Waals surface area contributed by atoms with Crippen LogP contribution < -0.4 is 10.9 Å². The molecule has 2 rings (SSSR count). The zero-order valence-corrected chi connectivity index (χ0v) is 8.58. The highest BCUT2D eigenvalue weighted by Crippen LogP contribution is 2.18. The fourth-order valence-corrected chi connectivity index (χ4v) is 1.50. The molecule has 4 nitrogen and oxygen atoms in total. The van der Waals surface area contributed by atoms with Crippen LogP contribution in [0.5, 0.6) is 0 Å². The minimum atomic E-state index is 0.00347. The van der Waals surface area contributed by atoms with E-state index in [0.717, 1.165) is 11.3 Å². The molecule has 0 aliphatic heterocycles. The lowest BCUT2D eigenvalue weighted by molar-refractivity contribution is 0.638. The Balaban J connectivity index is 2.17. The van der Waals surface area contributed by atoms with Gasteiger partial charge >= 0.3 is 0 Å². The van der Waals surface area contributed by atoms with Gasteiger partial charge in [0.15, 0.2) is 0 Å². The molecule has 1 aliphatic carbocycles. The summed E-state index contributed by atoms with van der Waals surface area (Å²) in [7, 11) is 1.69. The van der Waals surface area contributed by atoms with E-state index in [2.05, 4.69) is 10.4 Å². The van der Waals surface area contributed by atoms with Crippen LogP contribution in [0.1, 0.15) is 24.1 Å². The third-order valence-electron chi connectivity index (χ3n) is 2.42. The molecule has 76 valence electrons. The molecular weight excluding hydrogens is 178 g/mol. The largest absolute Gasteiger partial charge is 0.310 e. The van der Waals surface area contributed by atoms with Gasteiger partial charge in [0.2, 0.25) is 0 Å². The van der Waals surface area contributed by atoms with Crippen LogP contribution in [0.25, 0.3) is 0 Å². The summed E-state index contributed by atoms with van der Waals surface area (Å²) in [6, 6.07) is 2.49. The van der Waals surface area contributed by atoms with Crippen molar-refractivity contribution < 1.29 is 0 Å². The zero-order chi connectivity index (χ0) is 10.1. The van der Waals surface area contributed by atoms with Gasteiger partial charge in [-0.3, -0.25) is 4.79 Å². The second-order valence-electron chi connectivity index (χ2n) is 3.89. The lowest BCUT2D eigenvalue weighted by Crippen LogP contribution is -2.28. The minimum absolute atomic E-state index is 0.00347. The standard InChI is InChI=1S/C10H15N3O/c1-7-5-8(6-11-9-3-4-9)10(14)13(2)12-7/h5,9,11H,3-4,6H2,1-2H3. The van der Waals surface area contributed by atoms with Crippen LogP contribution in [-0.4, -0.2) is 15.8 Å². The first kappa shape index (κ1) is 9.40. The van der Waals surface area contributed by atoms with Crippen molar-refractivity contribution >= 4 is 0 Å². The Morgan fingerprint density at radius 3 is 3.00 bits per heavy atom. The molecule has 0 bridgehead atoms. The van der Waals surface area contributed by atoms with Gasteiger partial charge in [0.1, 0.15) is 0 Å². The normalized spacial score (nSPS) is 15.9. The van der Waals surface area contributed by atoms with Crippen molar-refractivity contribution in [3.8, 4) is 0 Å². The second-order valence-corrected chi connectivity index (χ2v) is 3.89. The van der Waals surface area contributed by atoms with Gasteiger partial charge in [-0.15, -0.1) is 0 Å². The van der Waals surface area contributed by atoms with Crippen LogP contribution in [0.3, 0.4) is 0 Å². The molecule has 1 aromatic rings. The van der Waals surface area contributed by atoms with E-state index in [1.165, 1.54) is 17.5 Å². The third-order valence-corrected chi connectivity index (χ3v) is 2.42. The van der Waals surface area contributed by atoms with Crippen LogP contribution in [-0.2, 0) is 13.6 Å². The van der Waals surface area contributed by atoms with Gasteiger partial charge in [0.05, 0.1) is 5.69 Å². The summed E-state index contributed by atoms with van der Waals surface area (Å²) < 4.78 is 1.40. The highest BCUT2D eigenvalue weighted by molar-refractivity contribution is 5.12. The van der Waals surface area contributed by atoms with Crippen molar-refractivity contribution in [2.45, 2.75) is 32.4 Å². The van der Waals surface area contributed by atoms with Crippen LogP contribution in [0.4, 0.5) is 0 Å². The summed E-state index contributed by atoms with van der Waals surface area (Å²) in [4.78, 5) is 11.6. The van der Waals surface area contributed by atoms with Crippen LogP contribution in [0.15, 0.2) is 10.9 Å². The van der Waals surface area contributed by atoms with Crippen molar-refractivity contribution in [2.24, 2.45) is 7.05 Å². The molecule has 0 radical (unpaired) electrons. The fourth-order valence-electron chi connectivity index (χ4n) is 1.50. The van der Waals surface area contributed by atoms with Gasteiger partial charge in [0, 0.05) is 25.2 Å². The predicted octanol–water partition coefficient (Wildman–Crippen LogP) is 0.341. The number of hydrogen-bond donors (Lipinski definition) is 1. The van der Waals surface area contributed by atoms with Crippen molar-refractivity contribution in [2.75, 3.05) is 0 Å². The molecule has 0 saturated heterocycles. The SMILES string of the molecule is Cc1cc(CNC2CC2)c(=O)n(C)n1. The summed E-state index contributed by atoms with van der Waals surface area (Å²) in [5.74, 6) is 0. The Morgan fingerprint density at radius 1 is 1.64 bits per heavy atom. The summed E-state index contributed by atoms with van der Waals surface area (Å²) >= 11 is 0. The lowest BCUT2D eigenvalue weighted by atomic mass is 10.2. The van der Waals surface area contributed by atoms with E-state index in [-0.39, 0.29) is 5.56 Å². The van der Waals surface area contributed by atoms with Gasteiger partial charge in [-0.2, -0.15) is 5.10 Å². The molecule has 4 heteroatoms. The van der Waals surface area contributed by atoms with Crippen molar-refractivity contribution in [3.05, 3.63) is 27.7 Å². The molecule has 1 aromatic heterocycles. The average Bonchev–Trinajstić information content (AvgIpc) is 2.92. The Hall–Kier alpha value is -1.16. The van der Waals surface area contributed by atoms with Gasteiger partial charge < -0.3 is 5.32 Å². The van der Waals surface area contributed by atoms with Crippen molar-refractivity contribution in [1.29, 1.82) is 0 Å². The first-order valence-electron chi connectivity index (χ1n) is 4.94. The smallest absolute Gasteiger partial charge is 0.270 e. The quantitative estimate of drug-likeness (QED) is 0.753. The zero-order valence-electron chi connectivity index (χ0n) is 8.58.